The van der Waals surface area contributed by atoms with Crippen LogP contribution in [0.3, 0.4) is 0 Å². The summed E-state index contributed by atoms with van der Waals surface area (Å²) in [6, 6.07) is 0. The van der Waals surface area contributed by atoms with Crippen molar-refractivity contribution in [2.75, 3.05) is 47.5 Å². The average Bonchev–Trinajstić information content (AvgIpc) is 3.22. The van der Waals surface area contributed by atoms with Crippen LogP contribution in [-0.4, -0.2) is 92.5 Å². The summed E-state index contributed by atoms with van der Waals surface area (Å²) >= 11 is 0. The van der Waals surface area contributed by atoms with Crippen LogP contribution in [0.25, 0.3) is 0 Å². The standard InChI is InChI=1S/C50H84NO10P/c1-6-8-10-12-14-16-18-20-21-22-23-24-25-26-28-30-32-34-36-40-50(55)61-46(45-60-62(56,57)59-43-42-51(3,4)5)44-58-49(54)41-37-39-48(53)47(52)38-35-33-31-29-27-19-17-15-13-11-9-7-2/h14-17,20-21,23-24,26-29,32-35,46-48,52-53H,6-13,18-19,22,25,30-31,36-45H2,1-5H3/b16-14-,17-15-,21-20-,24-23-,28-26-,29-27-,34-32-,35-33-/t46-,47?,48?/m1/s1. The number of nitrogens with zero attached hydrogens (tertiary/aromatic N) is 1. The van der Waals surface area contributed by atoms with Crippen LogP contribution in [0.15, 0.2) is 97.2 Å². The van der Waals surface area contributed by atoms with E-state index in [9.17, 15) is 29.3 Å². The van der Waals surface area contributed by atoms with Gasteiger partial charge in [0.1, 0.15) is 19.8 Å². The Morgan fingerprint density at radius 1 is 0.581 bits per heavy atom. The number of hydrogen-bond acceptors (Lipinski definition) is 10. The molecule has 0 aromatic rings. The van der Waals surface area contributed by atoms with Crippen molar-refractivity contribution in [3.05, 3.63) is 97.2 Å². The van der Waals surface area contributed by atoms with E-state index < -0.39 is 51.3 Å². The van der Waals surface area contributed by atoms with Crippen LogP contribution in [0, 0.1) is 0 Å². The molecular formula is C50H84NO10P. The first-order valence-electron chi connectivity index (χ1n) is 23.1. The fourth-order valence-electron chi connectivity index (χ4n) is 5.50. The molecule has 0 saturated carbocycles. The highest BCUT2D eigenvalue weighted by Crippen LogP contribution is 2.38. The molecule has 0 saturated heterocycles. The number of carbonyl (C=O) groups excluding carboxylic acids is 2. The monoisotopic (exact) mass is 890 g/mol. The summed E-state index contributed by atoms with van der Waals surface area (Å²) in [5.41, 5.74) is 0. The largest absolute Gasteiger partial charge is 0.756 e. The van der Waals surface area contributed by atoms with Gasteiger partial charge in [-0.1, -0.05) is 137 Å². The molecule has 12 heteroatoms. The Kier molecular flexibility index (Phi) is 38.5. The third-order valence-corrected chi connectivity index (χ3v) is 10.3. The Balaban J connectivity index is 4.71. The van der Waals surface area contributed by atoms with Crippen molar-refractivity contribution in [2.45, 2.75) is 161 Å². The van der Waals surface area contributed by atoms with Gasteiger partial charge in [0, 0.05) is 12.8 Å². The molecule has 0 spiro atoms. The van der Waals surface area contributed by atoms with Gasteiger partial charge in [0.25, 0.3) is 7.82 Å². The highest BCUT2D eigenvalue weighted by Gasteiger charge is 2.22. The summed E-state index contributed by atoms with van der Waals surface area (Å²) in [4.78, 5) is 37.6. The molecule has 11 nitrogen and oxygen atoms in total. The van der Waals surface area contributed by atoms with E-state index in [0.29, 0.717) is 17.4 Å². The number of allylic oxidation sites excluding steroid dienone is 15. The smallest absolute Gasteiger partial charge is 0.306 e. The Bertz CT molecular complexity index is 1410. The highest BCUT2D eigenvalue weighted by atomic mass is 31.2. The van der Waals surface area contributed by atoms with Gasteiger partial charge < -0.3 is 38.1 Å². The molecule has 0 aliphatic heterocycles. The van der Waals surface area contributed by atoms with Crippen molar-refractivity contribution in [1.82, 2.24) is 0 Å². The summed E-state index contributed by atoms with van der Waals surface area (Å²) < 4.78 is 33.6. The minimum Gasteiger partial charge on any atom is -0.756 e. The van der Waals surface area contributed by atoms with Gasteiger partial charge in [-0.3, -0.25) is 14.2 Å². The molecule has 0 aliphatic carbocycles. The van der Waals surface area contributed by atoms with E-state index in [1.54, 1.807) is 0 Å². The number of hydrogen-bond donors (Lipinski definition) is 2. The number of aliphatic hydroxyl groups excluding tert-OH is 2. The Morgan fingerprint density at radius 2 is 1.05 bits per heavy atom. The number of phosphoric ester groups is 1. The van der Waals surface area contributed by atoms with E-state index in [2.05, 4.69) is 86.8 Å². The number of esters is 2. The van der Waals surface area contributed by atoms with Crippen molar-refractivity contribution in [2.24, 2.45) is 0 Å². The normalized spacial score (nSPS) is 15.4. The minimum atomic E-state index is -4.72. The number of aliphatic hydroxyl groups is 2. The second-order valence-electron chi connectivity index (χ2n) is 16.4. The predicted octanol–water partition coefficient (Wildman–Crippen LogP) is 10.7. The number of quaternary nitrogens is 1. The van der Waals surface area contributed by atoms with E-state index in [-0.39, 0.29) is 38.7 Å². The van der Waals surface area contributed by atoms with Crippen LogP contribution in [0.2, 0.25) is 0 Å². The first kappa shape index (κ1) is 58.9. The van der Waals surface area contributed by atoms with Crippen LogP contribution < -0.4 is 4.89 Å². The molecule has 0 rings (SSSR count). The van der Waals surface area contributed by atoms with Gasteiger partial charge in [0.15, 0.2) is 6.10 Å². The van der Waals surface area contributed by atoms with Crippen LogP contribution in [-0.2, 0) is 32.7 Å². The fraction of sp³-hybridized carbons (Fsp3) is 0.640. The number of phosphoric acid groups is 1. The molecule has 0 amide bonds. The van der Waals surface area contributed by atoms with E-state index in [1.165, 1.54) is 38.5 Å². The Labute approximate surface area is 376 Å². The third kappa shape index (κ3) is 42.2. The maximum Gasteiger partial charge on any atom is 0.306 e. The van der Waals surface area contributed by atoms with Gasteiger partial charge in [0.2, 0.25) is 0 Å². The zero-order valence-corrected chi connectivity index (χ0v) is 39.9. The number of carbonyl (C=O) groups is 2. The van der Waals surface area contributed by atoms with Gasteiger partial charge in [-0.25, -0.2) is 0 Å². The van der Waals surface area contributed by atoms with Crippen molar-refractivity contribution < 1.29 is 52.3 Å². The second kappa shape index (κ2) is 40.6. The molecule has 0 radical (unpaired) electrons. The number of likely N-dealkylation sites (N-methyl/N-ethyl adjacent to an activating group) is 1. The zero-order chi connectivity index (χ0) is 46.0. The van der Waals surface area contributed by atoms with E-state index in [1.807, 2.05) is 45.4 Å². The van der Waals surface area contributed by atoms with Gasteiger partial charge in [0.05, 0.1) is 40.0 Å². The number of rotatable bonds is 40. The van der Waals surface area contributed by atoms with Crippen LogP contribution in [0.5, 0.6) is 0 Å². The molecule has 2 N–H and O–H groups in total. The predicted molar refractivity (Wildman–Crippen MR) is 252 cm³/mol. The van der Waals surface area contributed by atoms with Gasteiger partial charge >= 0.3 is 11.9 Å². The summed E-state index contributed by atoms with van der Waals surface area (Å²) in [6.07, 6.45) is 46.2. The van der Waals surface area contributed by atoms with Crippen molar-refractivity contribution in [3.8, 4) is 0 Å². The molecule has 62 heavy (non-hydrogen) atoms. The molecule has 0 heterocycles. The summed E-state index contributed by atoms with van der Waals surface area (Å²) in [6.45, 7) is 3.72. The van der Waals surface area contributed by atoms with E-state index in [0.717, 1.165) is 51.4 Å². The van der Waals surface area contributed by atoms with Crippen molar-refractivity contribution >= 4 is 19.8 Å². The average molecular weight is 890 g/mol. The van der Waals surface area contributed by atoms with Crippen LogP contribution in [0.1, 0.15) is 142 Å². The highest BCUT2D eigenvalue weighted by molar-refractivity contribution is 7.45. The van der Waals surface area contributed by atoms with E-state index in [4.69, 9.17) is 18.5 Å². The zero-order valence-electron chi connectivity index (χ0n) is 39.0. The van der Waals surface area contributed by atoms with Gasteiger partial charge in [-0.15, -0.1) is 0 Å². The minimum absolute atomic E-state index is 0.0353. The van der Waals surface area contributed by atoms with E-state index >= 15 is 0 Å². The lowest BCUT2D eigenvalue weighted by Crippen LogP contribution is -2.37. The first-order valence-corrected chi connectivity index (χ1v) is 24.6. The molecule has 0 aromatic heterocycles. The van der Waals surface area contributed by atoms with Crippen LogP contribution in [0.4, 0.5) is 0 Å². The van der Waals surface area contributed by atoms with Crippen molar-refractivity contribution in [3.63, 3.8) is 0 Å². The molecule has 4 atom stereocenters. The molecular weight excluding hydrogens is 806 g/mol. The van der Waals surface area contributed by atoms with Crippen LogP contribution >= 0.6 is 7.82 Å². The molecule has 0 bridgehead atoms. The summed E-state index contributed by atoms with van der Waals surface area (Å²) in [5.74, 6) is -1.23. The second-order valence-corrected chi connectivity index (χ2v) is 17.8. The summed E-state index contributed by atoms with van der Waals surface area (Å²) in [5, 5.41) is 20.7. The SMILES string of the molecule is CCCCC/C=C\C/C=C\C/C=C\C/C=C\C/C=C\CCC(=O)O[C@H](COC(=O)CCCC(O)C(O)C/C=C\C/C=C\C/C=C\CCCCC)COP(=O)([O-])OCC[N+](C)(C)C. The lowest BCUT2D eigenvalue weighted by molar-refractivity contribution is -0.870. The third-order valence-electron chi connectivity index (χ3n) is 9.29. The van der Waals surface area contributed by atoms with Crippen molar-refractivity contribution in [1.29, 1.82) is 0 Å². The fourth-order valence-corrected chi connectivity index (χ4v) is 6.23. The van der Waals surface area contributed by atoms with Gasteiger partial charge in [-0.05, 0) is 89.9 Å². The molecule has 354 valence electrons. The lowest BCUT2D eigenvalue weighted by atomic mass is 10.0. The van der Waals surface area contributed by atoms with Gasteiger partial charge in [-0.2, -0.15) is 0 Å². The number of unbranched alkanes of at least 4 members (excludes halogenated alkanes) is 6. The lowest BCUT2D eigenvalue weighted by Gasteiger charge is -2.28. The molecule has 0 fully saturated rings. The maximum atomic E-state index is 12.7. The Hall–Kier alpha value is -3.15. The number of ether oxygens (including phenoxy) is 2. The summed E-state index contributed by atoms with van der Waals surface area (Å²) in [7, 11) is 0.951. The maximum absolute atomic E-state index is 12.7. The Morgan fingerprint density at radius 3 is 1.53 bits per heavy atom. The first-order chi connectivity index (χ1) is 29.8. The quantitative estimate of drug-likeness (QED) is 0.0200. The molecule has 0 aliphatic rings. The molecule has 3 unspecified atom stereocenters. The topological polar surface area (TPSA) is 152 Å². The molecule has 0 aromatic carbocycles.